The average molecular weight is 568 g/mol. The summed E-state index contributed by atoms with van der Waals surface area (Å²) < 4.78 is 14.9. The number of amides is 1. The SMILES string of the molecule is CN(CC12CC3CC(CC(C3)C1)C2)C(=O)c1ccc(N2CCN(Cc3ccc(-c4cccc(O)c4)c(F)c3)CC2)cc1. The summed E-state index contributed by atoms with van der Waals surface area (Å²) in [5.74, 6) is 2.71. The fraction of sp³-hybridized carbons (Fsp3) is 0.472. The van der Waals surface area contributed by atoms with Gasteiger partial charge in [-0.15, -0.1) is 0 Å². The first-order chi connectivity index (χ1) is 20.3. The maximum atomic E-state index is 14.9. The molecule has 1 aliphatic heterocycles. The first kappa shape index (κ1) is 27.5. The third-order valence-electron chi connectivity index (χ3n) is 10.5. The van der Waals surface area contributed by atoms with Crippen LogP contribution in [0.1, 0.15) is 54.4 Å². The van der Waals surface area contributed by atoms with Gasteiger partial charge in [0.05, 0.1) is 0 Å². The zero-order valence-electron chi connectivity index (χ0n) is 24.6. The molecule has 1 amide bonds. The lowest BCUT2D eigenvalue weighted by Crippen LogP contribution is -2.51. The summed E-state index contributed by atoms with van der Waals surface area (Å²) >= 11 is 0. The molecule has 0 spiro atoms. The molecule has 220 valence electrons. The van der Waals surface area contributed by atoms with Crippen molar-refractivity contribution in [3.8, 4) is 16.9 Å². The number of carbonyl (C=O) groups excluding carboxylic acids is 1. The Kier molecular flexibility index (Phi) is 7.21. The maximum Gasteiger partial charge on any atom is 0.253 e. The van der Waals surface area contributed by atoms with Crippen LogP contribution >= 0.6 is 0 Å². The minimum absolute atomic E-state index is 0.134. The summed E-state index contributed by atoms with van der Waals surface area (Å²) in [6.07, 6.45) is 8.25. The van der Waals surface area contributed by atoms with E-state index < -0.39 is 0 Å². The summed E-state index contributed by atoms with van der Waals surface area (Å²) in [5.41, 5.74) is 4.41. The molecule has 5 nitrogen and oxygen atoms in total. The van der Waals surface area contributed by atoms with Crippen molar-refractivity contribution in [2.24, 2.45) is 23.2 Å². The normalized spacial score (nSPS) is 26.9. The largest absolute Gasteiger partial charge is 0.508 e. The lowest BCUT2D eigenvalue weighted by molar-refractivity contribution is -0.0629. The molecule has 4 aliphatic carbocycles. The van der Waals surface area contributed by atoms with E-state index in [1.165, 1.54) is 38.5 Å². The number of aromatic hydroxyl groups is 1. The van der Waals surface area contributed by atoms with Crippen LogP contribution in [0.5, 0.6) is 5.75 Å². The summed E-state index contributed by atoms with van der Waals surface area (Å²) in [4.78, 5) is 20.1. The van der Waals surface area contributed by atoms with Crippen LogP contribution in [0, 0.1) is 29.0 Å². The van der Waals surface area contributed by atoms with Crippen molar-refractivity contribution in [2.45, 2.75) is 45.1 Å². The highest BCUT2D eigenvalue weighted by Crippen LogP contribution is 2.60. The van der Waals surface area contributed by atoms with Crippen molar-refractivity contribution in [1.29, 1.82) is 0 Å². The number of carbonyl (C=O) groups is 1. The smallest absolute Gasteiger partial charge is 0.253 e. The Morgan fingerprint density at radius 2 is 1.57 bits per heavy atom. The number of anilines is 1. The van der Waals surface area contributed by atoms with Gasteiger partial charge in [-0.2, -0.15) is 0 Å². The van der Waals surface area contributed by atoms with E-state index in [-0.39, 0.29) is 17.5 Å². The molecule has 1 heterocycles. The second-order valence-electron chi connectivity index (χ2n) is 13.8. The lowest BCUT2D eigenvalue weighted by Gasteiger charge is -2.57. The molecule has 42 heavy (non-hydrogen) atoms. The van der Waals surface area contributed by atoms with Crippen LogP contribution in [0.4, 0.5) is 10.1 Å². The van der Waals surface area contributed by atoms with E-state index >= 15 is 0 Å². The molecule has 0 atom stereocenters. The van der Waals surface area contributed by atoms with Crippen molar-refractivity contribution in [3.63, 3.8) is 0 Å². The fourth-order valence-electron chi connectivity index (χ4n) is 9.08. The summed E-state index contributed by atoms with van der Waals surface area (Å²) in [6.45, 7) is 5.18. The molecule has 5 aliphatic rings. The van der Waals surface area contributed by atoms with Crippen molar-refractivity contribution in [1.82, 2.24) is 9.80 Å². The number of piperazine rings is 1. The van der Waals surface area contributed by atoms with Gasteiger partial charge in [0.25, 0.3) is 5.91 Å². The number of phenols is 1. The molecule has 6 heteroatoms. The van der Waals surface area contributed by atoms with Crippen LogP contribution < -0.4 is 4.90 Å². The Hall–Kier alpha value is -3.38. The molecular formula is C36H42FN3O2. The Balaban J connectivity index is 0.921. The number of halogens is 1. The van der Waals surface area contributed by atoms with E-state index in [1.807, 2.05) is 30.1 Å². The molecule has 3 aromatic rings. The van der Waals surface area contributed by atoms with Gasteiger partial charge in [0.15, 0.2) is 0 Å². The molecule has 1 N–H and O–H groups in total. The second kappa shape index (κ2) is 11.0. The fourth-order valence-corrected chi connectivity index (χ4v) is 9.08. The minimum atomic E-state index is -0.269. The number of nitrogens with zero attached hydrogens (tertiary/aromatic N) is 3. The second-order valence-corrected chi connectivity index (χ2v) is 13.8. The van der Waals surface area contributed by atoms with Gasteiger partial charge in [-0.3, -0.25) is 9.69 Å². The van der Waals surface area contributed by atoms with Crippen molar-refractivity contribution in [3.05, 3.63) is 83.7 Å². The molecular weight excluding hydrogens is 525 g/mol. The number of phenolic OH excluding ortho intramolecular Hbond substituents is 1. The van der Waals surface area contributed by atoms with Crippen molar-refractivity contribution >= 4 is 11.6 Å². The number of hydrogen-bond acceptors (Lipinski definition) is 4. The van der Waals surface area contributed by atoms with Gasteiger partial charge in [-0.05, 0) is 115 Å². The Bertz CT molecular complexity index is 1410. The summed E-state index contributed by atoms with van der Waals surface area (Å²) in [7, 11) is 2.00. The molecule has 0 radical (unpaired) electrons. The number of rotatable bonds is 7. The molecule has 3 aromatic carbocycles. The highest BCUT2D eigenvalue weighted by molar-refractivity contribution is 5.94. The van der Waals surface area contributed by atoms with E-state index in [1.54, 1.807) is 36.4 Å². The van der Waals surface area contributed by atoms with E-state index in [0.717, 1.165) is 67.3 Å². The van der Waals surface area contributed by atoms with Crippen LogP contribution in [0.15, 0.2) is 66.7 Å². The van der Waals surface area contributed by atoms with E-state index in [9.17, 15) is 14.3 Å². The highest BCUT2D eigenvalue weighted by atomic mass is 19.1. The van der Waals surface area contributed by atoms with Crippen molar-refractivity contribution in [2.75, 3.05) is 44.7 Å². The first-order valence-electron chi connectivity index (χ1n) is 15.7. The Labute approximate surface area is 248 Å². The van der Waals surface area contributed by atoms with Gasteiger partial charge in [-0.1, -0.05) is 24.3 Å². The van der Waals surface area contributed by atoms with E-state index in [2.05, 4.69) is 21.9 Å². The predicted molar refractivity (Wildman–Crippen MR) is 165 cm³/mol. The van der Waals surface area contributed by atoms with Crippen LogP contribution in [0.3, 0.4) is 0 Å². The van der Waals surface area contributed by atoms with Crippen LogP contribution in [-0.4, -0.2) is 60.6 Å². The quantitative estimate of drug-likeness (QED) is 0.341. The van der Waals surface area contributed by atoms with Crippen LogP contribution in [0.2, 0.25) is 0 Å². The van der Waals surface area contributed by atoms with Crippen LogP contribution in [-0.2, 0) is 6.54 Å². The topological polar surface area (TPSA) is 47.0 Å². The molecule has 5 fully saturated rings. The maximum absolute atomic E-state index is 14.9. The Morgan fingerprint density at radius 3 is 2.19 bits per heavy atom. The summed E-state index contributed by atoms with van der Waals surface area (Å²) in [5, 5.41) is 9.74. The Morgan fingerprint density at radius 1 is 0.905 bits per heavy atom. The van der Waals surface area contributed by atoms with Gasteiger partial charge >= 0.3 is 0 Å². The van der Waals surface area contributed by atoms with Gasteiger partial charge < -0.3 is 14.9 Å². The minimum Gasteiger partial charge on any atom is -0.508 e. The first-order valence-corrected chi connectivity index (χ1v) is 15.7. The average Bonchev–Trinajstić information content (AvgIpc) is 2.96. The van der Waals surface area contributed by atoms with Crippen molar-refractivity contribution < 1.29 is 14.3 Å². The molecule has 1 saturated heterocycles. The van der Waals surface area contributed by atoms with Gasteiger partial charge in [0.2, 0.25) is 0 Å². The molecule has 0 unspecified atom stereocenters. The number of benzene rings is 3. The third kappa shape index (κ3) is 5.54. The van der Waals surface area contributed by atoms with E-state index in [4.69, 9.17) is 0 Å². The standard InChI is InChI=1S/C36H42FN3O2/c1-38(24-36-20-26-15-27(21-36)17-28(16-26)22-36)35(42)29-6-8-31(9-7-29)40-13-11-39(12-14-40)23-25-5-10-33(34(37)18-25)30-3-2-4-32(41)19-30/h2-10,18-19,26-28,41H,11-17,20-24H2,1H3. The zero-order chi connectivity index (χ0) is 28.8. The predicted octanol–water partition coefficient (Wildman–Crippen LogP) is 6.81. The van der Waals surface area contributed by atoms with Crippen LogP contribution in [0.25, 0.3) is 11.1 Å². The van der Waals surface area contributed by atoms with E-state index in [0.29, 0.717) is 23.1 Å². The lowest BCUT2D eigenvalue weighted by atomic mass is 9.49. The summed E-state index contributed by atoms with van der Waals surface area (Å²) in [6, 6.07) is 20.3. The van der Waals surface area contributed by atoms with Gasteiger partial charge in [0.1, 0.15) is 11.6 Å². The molecule has 4 saturated carbocycles. The highest BCUT2D eigenvalue weighted by Gasteiger charge is 2.51. The molecule has 4 bridgehead atoms. The zero-order valence-corrected chi connectivity index (χ0v) is 24.6. The number of hydrogen-bond donors (Lipinski definition) is 1. The van der Waals surface area contributed by atoms with Gasteiger partial charge in [0, 0.05) is 63.1 Å². The van der Waals surface area contributed by atoms with Gasteiger partial charge in [-0.25, -0.2) is 4.39 Å². The molecule has 8 rings (SSSR count). The monoisotopic (exact) mass is 567 g/mol. The molecule has 0 aromatic heterocycles. The third-order valence-corrected chi connectivity index (χ3v) is 10.5.